The highest BCUT2D eigenvalue weighted by Crippen LogP contribution is 2.31. The summed E-state index contributed by atoms with van der Waals surface area (Å²) in [7, 11) is 1.60. The summed E-state index contributed by atoms with van der Waals surface area (Å²) >= 11 is 7.23. The Morgan fingerprint density at radius 3 is 2.69 bits per heavy atom. The predicted octanol–water partition coefficient (Wildman–Crippen LogP) is 4.39. The van der Waals surface area contributed by atoms with Crippen molar-refractivity contribution in [1.82, 2.24) is 20.0 Å². The molecule has 9 heteroatoms. The van der Waals surface area contributed by atoms with Gasteiger partial charge in [0.15, 0.2) is 0 Å². The largest absolute Gasteiger partial charge is 0.497 e. The molecular formula is C20H15ClN4O3S. The summed E-state index contributed by atoms with van der Waals surface area (Å²) in [4.78, 5) is 16.2. The fraction of sp³-hybridized carbons (Fsp3) is 0.100. The number of carbonyl (C=O) groups is 1. The van der Waals surface area contributed by atoms with Crippen LogP contribution in [0.25, 0.3) is 10.9 Å². The minimum Gasteiger partial charge on any atom is -0.497 e. The lowest BCUT2D eigenvalue weighted by molar-refractivity contribution is 0.0686. The molecular weight excluding hydrogens is 412 g/mol. The Morgan fingerprint density at radius 1 is 1.17 bits per heavy atom. The molecule has 0 aliphatic carbocycles. The topological polar surface area (TPSA) is 90.1 Å². The van der Waals surface area contributed by atoms with E-state index in [2.05, 4.69) is 15.3 Å². The zero-order valence-corrected chi connectivity index (χ0v) is 16.8. The van der Waals surface area contributed by atoms with Gasteiger partial charge in [-0.1, -0.05) is 35.0 Å². The quantitative estimate of drug-likeness (QED) is 0.489. The molecule has 0 atom stereocenters. The van der Waals surface area contributed by atoms with Crippen molar-refractivity contribution < 1.29 is 14.6 Å². The maximum Gasteiger partial charge on any atom is 0.359 e. The van der Waals surface area contributed by atoms with Gasteiger partial charge in [0.1, 0.15) is 15.8 Å². The van der Waals surface area contributed by atoms with Gasteiger partial charge in [-0.3, -0.25) is 0 Å². The van der Waals surface area contributed by atoms with E-state index in [0.29, 0.717) is 21.6 Å². The average Bonchev–Trinajstić information content (AvgIpc) is 3.11. The summed E-state index contributed by atoms with van der Waals surface area (Å²) in [5.74, 6) is -0.394. The van der Waals surface area contributed by atoms with E-state index in [9.17, 15) is 9.90 Å². The van der Waals surface area contributed by atoms with Gasteiger partial charge < -0.3 is 9.84 Å². The van der Waals surface area contributed by atoms with Crippen LogP contribution < -0.4 is 4.74 Å². The summed E-state index contributed by atoms with van der Waals surface area (Å²) in [5, 5.41) is 20.0. The number of aromatic nitrogens is 4. The second-order valence-corrected chi connectivity index (χ2v) is 7.59. The molecule has 1 N–H and O–H groups in total. The number of rotatable bonds is 6. The van der Waals surface area contributed by atoms with Crippen molar-refractivity contribution in [2.24, 2.45) is 0 Å². The number of aromatic carboxylic acids is 1. The lowest BCUT2D eigenvalue weighted by Crippen LogP contribution is -2.05. The highest BCUT2D eigenvalue weighted by Gasteiger charge is 2.21. The molecule has 0 fully saturated rings. The molecule has 0 unspecified atom stereocenters. The predicted molar refractivity (Wildman–Crippen MR) is 110 cm³/mol. The van der Waals surface area contributed by atoms with Crippen LogP contribution in [0.5, 0.6) is 5.75 Å². The maximum atomic E-state index is 11.6. The summed E-state index contributed by atoms with van der Waals surface area (Å²) in [6, 6.07) is 16.6. The molecule has 2 aromatic heterocycles. The van der Waals surface area contributed by atoms with Crippen LogP contribution in [0.15, 0.2) is 64.6 Å². The van der Waals surface area contributed by atoms with E-state index in [-0.39, 0.29) is 5.69 Å². The number of benzene rings is 2. The van der Waals surface area contributed by atoms with Gasteiger partial charge in [-0.25, -0.2) is 14.5 Å². The van der Waals surface area contributed by atoms with E-state index < -0.39 is 5.97 Å². The number of ether oxygens (including phenoxy) is 1. The lowest BCUT2D eigenvalue weighted by atomic mass is 10.2. The lowest BCUT2D eigenvalue weighted by Gasteiger charge is -2.08. The van der Waals surface area contributed by atoms with Gasteiger partial charge in [0.2, 0.25) is 5.69 Å². The van der Waals surface area contributed by atoms with E-state index in [1.165, 1.54) is 11.8 Å². The van der Waals surface area contributed by atoms with Crippen molar-refractivity contribution in [3.05, 3.63) is 70.9 Å². The minimum atomic E-state index is -1.14. The molecule has 2 aromatic carbocycles. The summed E-state index contributed by atoms with van der Waals surface area (Å²) < 4.78 is 6.73. The van der Waals surface area contributed by atoms with E-state index in [1.54, 1.807) is 17.9 Å². The third kappa shape index (κ3) is 4.18. The van der Waals surface area contributed by atoms with Crippen molar-refractivity contribution in [1.29, 1.82) is 0 Å². The molecule has 29 heavy (non-hydrogen) atoms. The van der Waals surface area contributed by atoms with Gasteiger partial charge in [-0.05, 0) is 53.7 Å². The van der Waals surface area contributed by atoms with Gasteiger partial charge in [0, 0.05) is 10.4 Å². The third-order valence-corrected chi connectivity index (χ3v) is 5.48. The molecule has 0 amide bonds. The number of carboxylic acid groups (broad SMARTS) is 1. The van der Waals surface area contributed by atoms with E-state index in [1.807, 2.05) is 48.5 Å². The van der Waals surface area contributed by atoms with Crippen LogP contribution in [0, 0.1) is 0 Å². The Balaban J connectivity index is 1.67. The molecule has 7 nitrogen and oxygen atoms in total. The van der Waals surface area contributed by atoms with Crippen LogP contribution >= 0.6 is 23.4 Å². The number of pyridine rings is 1. The molecule has 146 valence electrons. The molecule has 0 saturated heterocycles. The van der Waals surface area contributed by atoms with Gasteiger partial charge in [-0.2, -0.15) is 0 Å². The Hall–Kier alpha value is -3.10. The Labute approximate surface area is 175 Å². The van der Waals surface area contributed by atoms with Gasteiger partial charge >= 0.3 is 5.97 Å². The molecule has 4 aromatic rings. The number of fused-ring (bicyclic) bond motifs is 1. The van der Waals surface area contributed by atoms with E-state index in [0.717, 1.165) is 22.2 Å². The van der Waals surface area contributed by atoms with Gasteiger partial charge in [-0.15, -0.1) is 5.10 Å². The van der Waals surface area contributed by atoms with Crippen LogP contribution in [0.1, 0.15) is 16.1 Å². The van der Waals surface area contributed by atoms with E-state index >= 15 is 0 Å². The fourth-order valence-electron chi connectivity index (χ4n) is 2.78. The molecule has 0 saturated carbocycles. The molecule has 0 aliphatic heterocycles. The molecule has 0 radical (unpaired) electrons. The van der Waals surface area contributed by atoms with Crippen molar-refractivity contribution in [2.45, 2.75) is 16.6 Å². The normalized spacial score (nSPS) is 11.0. The molecule has 0 bridgehead atoms. The Kier molecular flexibility index (Phi) is 5.37. The number of halogens is 1. The van der Waals surface area contributed by atoms with Crippen LogP contribution in [-0.4, -0.2) is 38.2 Å². The van der Waals surface area contributed by atoms with Crippen LogP contribution in [-0.2, 0) is 6.54 Å². The molecule has 0 aliphatic rings. The fourth-order valence-corrected chi connectivity index (χ4v) is 3.87. The zero-order valence-electron chi connectivity index (χ0n) is 15.2. The third-order valence-electron chi connectivity index (χ3n) is 4.21. The molecule has 0 spiro atoms. The summed E-state index contributed by atoms with van der Waals surface area (Å²) in [6.45, 7) is 0.371. The van der Waals surface area contributed by atoms with Crippen molar-refractivity contribution in [3.63, 3.8) is 0 Å². The first-order chi connectivity index (χ1) is 14.0. The highest BCUT2D eigenvalue weighted by molar-refractivity contribution is 7.99. The smallest absolute Gasteiger partial charge is 0.359 e. The Morgan fingerprint density at radius 2 is 1.97 bits per heavy atom. The standard InChI is InChI=1S/C20H15ClN4O3S/c1-28-15-6-2-12(3-7-15)11-25-19(18(20(26)27)23-24-25)29-17-9-4-13-10-14(21)5-8-16(13)22-17/h2-10H,11H2,1H3,(H,26,27). The highest BCUT2D eigenvalue weighted by atomic mass is 35.5. The minimum absolute atomic E-state index is 0.110. The molecule has 2 heterocycles. The van der Waals surface area contributed by atoms with Crippen molar-refractivity contribution in [2.75, 3.05) is 7.11 Å². The van der Waals surface area contributed by atoms with Crippen LogP contribution in [0.2, 0.25) is 5.02 Å². The number of hydrogen-bond donors (Lipinski definition) is 1. The van der Waals surface area contributed by atoms with Crippen LogP contribution in [0.3, 0.4) is 0 Å². The first-order valence-electron chi connectivity index (χ1n) is 8.57. The maximum absolute atomic E-state index is 11.6. The summed E-state index contributed by atoms with van der Waals surface area (Å²) in [6.07, 6.45) is 0. The first kappa shape index (κ1) is 19.2. The number of methoxy groups -OCH3 is 1. The van der Waals surface area contributed by atoms with E-state index in [4.69, 9.17) is 16.3 Å². The average molecular weight is 427 g/mol. The molecule has 4 rings (SSSR count). The second kappa shape index (κ2) is 8.10. The second-order valence-electron chi connectivity index (χ2n) is 6.14. The number of hydrogen-bond acceptors (Lipinski definition) is 6. The first-order valence-corrected chi connectivity index (χ1v) is 9.77. The van der Waals surface area contributed by atoms with Crippen LogP contribution in [0.4, 0.5) is 0 Å². The summed E-state index contributed by atoms with van der Waals surface area (Å²) in [5.41, 5.74) is 1.60. The van der Waals surface area contributed by atoms with Gasteiger partial charge in [0.25, 0.3) is 0 Å². The van der Waals surface area contributed by atoms with Crippen molar-refractivity contribution in [3.8, 4) is 5.75 Å². The SMILES string of the molecule is COc1ccc(Cn2nnc(C(=O)O)c2Sc2ccc3cc(Cl)ccc3n2)cc1. The number of carboxylic acids is 1. The van der Waals surface area contributed by atoms with Gasteiger partial charge in [0.05, 0.1) is 19.2 Å². The zero-order chi connectivity index (χ0) is 20.4. The number of nitrogens with zero attached hydrogens (tertiary/aromatic N) is 4. The Bertz CT molecular complexity index is 1190. The van der Waals surface area contributed by atoms with Crippen molar-refractivity contribution >= 4 is 40.2 Å². The monoisotopic (exact) mass is 426 g/mol.